The summed E-state index contributed by atoms with van der Waals surface area (Å²) in [5, 5.41) is 0.468. The van der Waals surface area contributed by atoms with E-state index in [1.165, 1.54) is 0 Å². The third kappa shape index (κ3) is 2.12. The number of rotatable bonds is 2. The largest absolute Gasteiger partial charge is 0.287 e. The zero-order valence-corrected chi connectivity index (χ0v) is 9.53. The van der Waals surface area contributed by atoms with Crippen LogP contribution in [0, 0.1) is 6.92 Å². The van der Waals surface area contributed by atoms with Crippen molar-refractivity contribution in [1.82, 2.24) is 4.98 Å². The molecule has 1 aromatic carbocycles. The molecule has 0 unspecified atom stereocenters. The molecule has 0 radical (unpaired) electrons. The van der Waals surface area contributed by atoms with Gasteiger partial charge >= 0.3 is 0 Å². The molecule has 0 bridgehead atoms. The Labute approximate surface area is 98.9 Å². The van der Waals surface area contributed by atoms with Gasteiger partial charge in [0.25, 0.3) is 0 Å². The molecule has 3 heteroatoms. The number of aromatic nitrogens is 1. The first kappa shape index (κ1) is 10.8. The number of ketones is 1. The van der Waals surface area contributed by atoms with Crippen molar-refractivity contribution in [2.75, 3.05) is 0 Å². The number of pyridine rings is 1. The first-order chi connectivity index (χ1) is 7.68. The van der Waals surface area contributed by atoms with Crippen molar-refractivity contribution in [3.05, 3.63) is 64.4 Å². The van der Waals surface area contributed by atoms with E-state index in [1.54, 1.807) is 36.5 Å². The number of benzene rings is 1. The quantitative estimate of drug-likeness (QED) is 0.743. The van der Waals surface area contributed by atoms with Crippen LogP contribution in [0.15, 0.2) is 42.6 Å². The summed E-state index contributed by atoms with van der Waals surface area (Å²) in [6, 6.07) is 10.6. The molecule has 0 aliphatic rings. The molecule has 0 spiro atoms. The fourth-order valence-electron chi connectivity index (χ4n) is 1.44. The van der Waals surface area contributed by atoms with Crippen LogP contribution in [0.5, 0.6) is 0 Å². The van der Waals surface area contributed by atoms with E-state index in [1.807, 2.05) is 13.0 Å². The molecule has 2 nitrogen and oxygen atoms in total. The summed E-state index contributed by atoms with van der Waals surface area (Å²) in [4.78, 5) is 16.0. The van der Waals surface area contributed by atoms with Gasteiger partial charge in [-0.05, 0) is 36.8 Å². The van der Waals surface area contributed by atoms with Crippen molar-refractivity contribution in [2.24, 2.45) is 0 Å². The molecule has 1 heterocycles. The second-order valence-electron chi connectivity index (χ2n) is 3.53. The molecule has 1 aromatic heterocycles. The van der Waals surface area contributed by atoms with Gasteiger partial charge in [-0.2, -0.15) is 0 Å². The van der Waals surface area contributed by atoms with Crippen molar-refractivity contribution in [2.45, 2.75) is 6.92 Å². The van der Waals surface area contributed by atoms with Gasteiger partial charge in [0.15, 0.2) is 0 Å². The number of carbonyl (C=O) groups is 1. The fourth-order valence-corrected chi connectivity index (χ4v) is 1.76. The predicted molar refractivity (Wildman–Crippen MR) is 63.9 cm³/mol. The van der Waals surface area contributed by atoms with Crippen LogP contribution in [0.2, 0.25) is 5.02 Å². The minimum Gasteiger partial charge on any atom is -0.287 e. The molecule has 16 heavy (non-hydrogen) atoms. The van der Waals surface area contributed by atoms with E-state index in [9.17, 15) is 4.79 Å². The minimum atomic E-state index is -0.148. The summed E-state index contributed by atoms with van der Waals surface area (Å²) in [6.07, 6.45) is 1.59. The van der Waals surface area contributed by atoms with Crippen molar-refractivity contribution >= 4 is 17.4 Å². The topological polar surface area (TPSA) is 30.0 Å². The highest BCUT2D eigenvalue weighted by Gasteiger charge is 2.13. The maximum atomic E-state index is 12.0. The number of nitrogens with zero attached hydrogens (tertiary/aromatic N) is 1. The summed E-state index contributed by atoms with van der Waals surface area (Å²) in [5.41, 5.74) is 1.93. The van der Waals surface area contributed by atoms with E-state index in [0.29, 0.717) is 16.3 Å². The van der Waals surface area contributed by atoms with E-state index in [4.69, 9.17) is 11.6 Å². The third-order valence-corrected chi connectivity index (χ3v) is 2.58. The standard InChI is InChI=1S/C13H10ClNO/c1-9-5-6-10(11(14)8-9)13(16)12-4-2-3-7-15-12/h2-8H,1H3. The van der Waals surface area contributed by atoms with Gasteiger partial charge < -0.3 is 0 Å². The second-order valence-corrected chi connectivity index (χ2v) is 3.93. The monoisotopic (exact) mass is 231 g/mol. The van der Waals surface area contributed by atoms with Gasteiger partial charge in [-0.1, -0.05) is 23.7 Å². The van der Waals surface area contributed by atoms with Crippen LogP contribution in [0.4, 0.5) is 0 Å². The van der Waals surface area contributed by atoms with Gasteiger partial charge in [0.1, 0.15) is 5.69 Å². The van der Waals surface area contributed by atoms with Gasteiger partial charge in [-0.3, -0.25) is 9.78 Å². The lowest BCUT2D eigenvalue weighted by molar-refractivity contribution is 0.103. The smallest absolute Gasteiger partial charge is 0.212 e. The van der Waals surface area contributed by atoms with Gasteiger partial charge in [-0.15, -0.1) is 0 Å². The molecule has 2 rings (SSSR count). The van der Waals surface area contributed by atoms with Crippen molar-refractivity contribution < 1.29 is 4.79 Å². The Bertz CT molecular complexity index is 523. The molecule has 0 aliphatic heterocycles. The molecular weight excluding hydrogens is 222 g/mol. The minimum absolute atomic E-state index is 0.148. The Kier molecular flexibility index (Phi) is 3.02. The Balaban J connectivity index is 2.42. The van der Waals surface area contributed by atoms with Gasteiger partial charge in [0.05, 0.1) is 5.02 Å². The van der Waals surface area contributed by atoms with Crippen LogP contribution < -0.4 is 0 Å². The molecule has 0 saturated carbocycles. The van der Waals surface area contributed by atoms with Crippen LogP contribution in [-0.4, -0.2) is 10.8 Å². The molecule has 0 aliphatic carbocycles. The van der Waals surface area contributed by atoms with E-state index in [2.05, 4.69) is 4.98 Å². The van der Waals surface area contributed by atoms with Gasteiger partial charge in [0, 0.05) is 11.8 Å². The average Bonchev–Trinajstić information content (AvgIpc) is 2.29. The Morgan fingerprint density at radius 2 is 2.06 bits per heavy atom. The lowest BCUT2D eigenvalue weighted by atomic mass is 10.1. The van der Waals surface area contributed by atoms with Crippen LogP contribution in [0.1, 0.15) is 21.6 Å². The maximum absolute atomic E-state index is 12.0. The number of carbonyl (C=O) groups excluding carboxylic acids is 1. The summed E-state index contributed by atoms with van der Waals surface area (Å²) >= 11 is 6.03. The van der Waals surface area contributed by atoms with Gasteiger partial charge in [0.2, 0.25) is 5.78 Å². The average molecular weight is 232 g/mol. The third-order valence-electron chi connectivity index (χ3n) is 2.27. The first-order valence-corrected chi connectivity index (χ1v) is 5.28. The van der Waals surface area contributed by atoms with Crippen LogP contribution in [0.3, 0.4) is 0 Å². The van der Waals surface area contributed by atoms with Crippen molar-refractivity contribution in [3.8, 4) is 0 Å². The Morgan fingerprint density at radius 1 is 1.25 bits per heavy atom. The predicted octanol–water partition coefficient (Wildman–Crippen LogP) is 3.27. The normalized spacial score (nSPS) is 10.1. The second kappa shape index (κ2) is 4.45. The molecular formula is C13H10ClNO. The highest BCUT2D eigenvalue weighted by Crippen LogP contribution is 2.20. The summed E-state index contributed by atoms with van der Waals surface area (Å²) in [7, 11) is 0. The molecule has 0 fully saturated rings. The van der Waals surface area contributed by atoms with E-state index in [-0.39, 0.29) is 5.78 Å². The highest BCUT2D eigenvalue weighted by atomic mass is 35.5. The summed E-state index contributed by atoms with van der Waals surface area (Å²) in [5.74, 6) is -0.148. The SMILES string of the molecule is Cc1ccc(C(=O)c2ccccn2)c(Cl)c1. The van der Waals surface area contributed by atoms with Crippen molar-refractivity contribution in [1.29, 1.82) is 0 Å². The number of halogens is 1. The molecule has 0 saturated heterocycles. The molecule has 2 aromatic rings. The van der Waals surface area contributed by atoms with E-state index >= 15 is 0 Å². The van der Waals surface area contributed by atoms with Crippen LogP contribution >= 0.6 is 11.6 Å². The number of aryl methyl sites for hydroxylation is 1. The lowest BCUT2D eigenvalue weighted by Gasteiger charge is -2.03. The summed E-state index contributed by atoms with van der Waals surface area (Å²) in [6.45, 7) is 1.93. The zero-order valence-electron chi connectivity index (χ0n) is 8.77. The highest BCUT2D eigenvalue weighted by molar-refractivity contribution is 6.34. The van der Waals surface area contributed by atoms with E-state index in [0.717, 1.165) is 5.56 Å². The van der Waals surface area contributed by atoms with E-state index < -0.39 is 0 Å². The number of hydrogen-bond donors (Lipinski definition) is 0. The summed E-state index contributed by atoms with van der Waals surface area (Å²) < 4.78 is 0. The van der Waals surface area contributed by atoms with Crippen LogP contribution in [-0.2, 0) is 0 Å². The fraction of sp³-hybridized carbons (Fsp3) is 0.0769. The Morgan fingerprint density at radius 3 is 2.69 bits per heavy atom. The molecule has 0 amide bonds. The lowest BCUT2D eigenvalue weighted by Crippen LogP contribution is -2.04. The van der Waals surface area contributed by atoms with Gasteiger partial charge in [-0.25, -0.2) is 0 Å². The molecule has 0 atom stereocenters. The molecule has 80 valence electrons. The maximum Gasteiger partial charge on any atom is 0.212 e. The van der Waals surface area contributed by atoms with Crippen LogP contribution in [0.25, 0.3) is 0 Å². The molecule has 0 N–H and O–H groups in total. The first-order valence-electron chi connectivity index (χ1n) is 4.90. The Hall–Kier alpha value is -1.67. The zero-order chi connectivity index (χ0) is 11.5. The number of hydrogen-bond acceptors (Lipinski definition) is 2. The van der Waals surface area contributed by atoms with Crippen molar-refractivity contribution in [3.63, 3.8) is 0 Å².